The first-order valence-corrected chi connectivity index (χ1v) is 6.90. The van der Waals surface area contributed by atoms with E-state index in [9.17, 15) is 5.11 Å². The van der Waals surface area contributed by atoms with Crippen LogP contribution in [-0.4, -0.2) is 5.11 Å². The molecule has 0 spiro atoms. The average Bonchev–Trinajstić information content (AvgIpc) is 2.38. The molecule has 0 radical (unpaired) electrons. The highest BCUT2D eigenvalue weighted by Crippen LogP contribution is 2.25. The van der Waals surface area contributed by atoms with Crippen molar-refractivity contribution in [3.8, 4) is 0 Å². The second-order valence-electron chi connectivity index (χ2n) is 4.78. The Balaban J connectivity index is 2.26. The Morgan fingerprint density at radius 2 is 1.50 bits per heavy atom. The third kappa shape index (κ3) is 3.01. The molecule has 0 amide bonds. The zero-order valence-corrected chi connectivity index (χ0v) is 12.2. The molecule has 2 aromatic carbocycles. The van der Waals surface area contributed by atoms with Gasteiger partial charge in [0.2, 0.25) is 0 Å². The fourth-order valence-corrected chi connectivity index (χ4v) is 2.35. The Kier molecular flexibility index (Phi) is 4.20. The largest absolute Gasteiger partial charge is 0.384 e. The van der Waals surface area contributed by atoms with Gasteiger partial charge in [0.25, 0.3) is 0 Å². The first-order valence-electron chi connectivity index (χ1n) is 6.11. The van der Waals surface area contributed by atoms with E-state index in [0.29, 0.717) is 5.92 Å². The van der Waals surface area contributed by atoms with Gasteiger partial charge in [-0.05, 0) is 34.7 Å². The topological polar surface area (TPSA) is 20.2 Å². The molecule has 1 nitrogen and oxygen atoms in total. The molecule has 0 aliphatic carbocycles. The van der Waals surface area contributed by atoms with Crippen molar-refractivity contribution in [3.63, 3.8) is 0 Å². The molecule has 2 aromatic rings. The highest BCUT2D eigenvalue weighted by Gasteiger charge is 2.10. The van der Waals surface area contributed by atoms with Gasteiger partial charge >= 0.3 is 0 Å². The molecule has 0 aromatic heterocycles. The van der Waals surface area contributed by atoms with E-state index in [0.717, 1.165) is 15.6 Å². The van der Waals surface area contributed by atoms with Crippen molar-refractivity contribution in [3.05, 3.63) is 69.7 Å². The summed E-state index contributed by atoms with van der Waals surface area (Å²) in [7, 11) is 0. The lowest BCUT2D eigenvalue weighted by Crippen LogP contribution is -2.00. The summed E-state index contributed by atoms with van der Waals surface area (Å²) in [6.07, 6.45) is -0.566. The van der Waals surface area contributed by atoms with Gasteiger partial charge in [-0.1, -0.05) is 66.2 Å². The normalized spacial score (nSPS) is 12.7. The second kappa shape index (κ2) is 5.68. The molecule has 0 fully saturated rings. The lowest BCUT2D eigenvalue weighted by atomic mass is 9.97. The summed E-state index contributed by atoms with van der Waals surface area (Å²) in [6, 6.07) is 15.9. The van der Waals surface area contributed by atoms with Crippen molar-refractivity contribution in [2.24, 2.45) is 0 Å². The number of aliphatic hydroxyl groups excluding tert-OH is 1. The minimum Gasteiger partial charge on any atom is -0.384 e. The van der Waals surface area contributed by atoms with Gasteiger partial charge in [0.15, 0.2) is 0 Å². The average molecular weight is 305 g/mol. The smallest absolute Gasteiger partial charge is 0.104 e. The molecule has 2 heteroatoms. The molecule has 0 saturated carbocycles. The third-order valence-electron chi connectivity index (χ3n) is 3.08. The molecule has 94 valence electrons. The molecule has 0 aliphatic rings. The quantitative estimate of drug-likeness (QED) is 0.875. The molecule has 0 bridgehead atoms. The van der Waals surface area contributed by atoms with Crippen LogP contribution in [0.5, 0.6) is 0 Å². The number of rotatable bonds is 3. The Hall–Kier alpha value is -1.12. The molecule has 1 N–H and O–H groups in total. The van der Waals surface area contributed by atoms with Crippen LogP contribution in [0.15, 0.2) is 53.0 Å². The van der Waals surface area contributed by atoms with Gasteiger partial charge in [0.05, 0.1) is 0 Å². The summed E-state index contributed by atoms with van der Waals surface area (Å²) in [6.45, 7) is 4.33. The second-order valence-corrected chi connectivity index (χ2v) is 5.69. The SMILES string of the molecule is CC(C)c1ccc(C(O)c2cccc(Br)c2)cc1. The molecular formula is C16H17BrO. The van der Waals surface area contributed by atoms with Crippen LogP contribution in [-0.2, 0) is 0 Å². The van der Waals surface area contributed by atoms with E-state index in [1.165, 1.54) is 5.56 Å². The van der Waals surface area contributed by atoms with E-state index in [1.807, 2.05) is 36.4 Å². The molecule has 0 heterocycles. The highest BCUT2D eigenvalue weighted by atomic mass is 79.9. The molecule has 18 heavy (non-hydrogen) atoms. The van der Waals surface area contributed by atoms with E-state index in [2.05, 4.69) is 41.9 Å². The Morgan fingerprint density at radius 1 is 0.889 bits per heavy atom. The maximum absolute atomic E-state index is 10.3. The van der Waals surface area contributed by atoms with Gasteiger partial charge in [0.1, 0.15) is 6.10 Å². The maximum atomic E-state index is 10.3. The summed E-state index contributed by atoms with van der Waals surface area (Å²) in [5.74, 6) is 0.516. The van der Waals surface area contributed by atoms with Gasteiger partial charge in [-0.25, -0.2) is 0 Å². The van der Waals surface area contributed by atoms with Crippen molar-refractivity contribution >= 4 is 15.9 Å². The summed E-state index contributed by atoms with van der Waals surface area (Å²) >= 11 is 3.42. The van der Waals surface area contributed by atoms with Gasteiger partial charge < -0.3 is 5.11 Å². The predicted octanol–water partition coefficient (Wildman–Crippen LogP) is 4.65. The van der Waals surface area contributed by atoms with Gasteiger partial charge in [-0.3, -0.25) is 0 Å². The predicted molar refractivity (Wildman–Crippen MR) is 78.7 cm³/mol. The van der Waals surface area contributed by atoms with Crippen LogP contribution >= 0.6 is 15.9 Å². The van der Waals surface area contributed by atoms with Crippen LogP contribution in [0.25, 0.3) is 0 Å². The van der Waals surface area contributed by atoms with Crippen molar-refractivity contribution in [1.29, 1.82) is 0 Å². The minimum absolute atomic E-state index is 0.516. The Bertz CT molecular complexity index is 517. The van der Waals surface area contributed by atoms with Crippen molar-refractivity contribution in [2.45, 2.75) is 25.9 Å². The molecule has 0 saturated heterocycles. The maximum Gasteiger partial charge on any atom is 0.104 e. The monoisotopic (exact) mass is 304 g/mol. The molecule has 0 aliphatic heterocycles. The van der Waals surface area contributed by atoms with Crippen molar-refractivity contribution in [1.82, 2.24) is 0 Å². The number of benzene rings is 2. The fraction of sp³-hybridized carbons (Fsp3) is 0.250. The molecule has 2 rings (SSSR count). The van der Waals surface area contributed by atoms with Crippen LogP contribution in [0.3, 0.4) is 0 Å². The third-order valence-corrected chi connectivity index (χ3v) is 3.58. The standard InChI is InChI=1S/C16H17BrO/c1-11(2)12-6-8-13(9-7-12)16(18)14-4-3-5-15(17)10-14/h3-11,16,18H,1-2H3. The van der Waals surface area contributed by atoms with Crippen molar-refractivity contribution in [2.75, 3.05) is 0 Å². The summed E-state index contributed by atoms with van der Waals surface area (Å²) in [4.78, 5) is 0. The van der Waals surface area contributed by atoms with E-state index < -0.39 is 6.10 Å². The van der Waals surface area contributed by atoms with Crippen LogP contribution in [0, 0.1) is 0 Å². The fourth-order valence-electron chi connectivity index (χ4n) is 1.93. The number of halogens is 1. The first kappa shape index (κ1) is 13.3. The van der Waals surface area contributed by atoms with Crippen LogP contribution < -0.4 is 0 Å². The number of hydrogen-bond donors (Lipinski definition) is 1. The van der Waals surface area contributed by atoms with Crippen LogP contribution in [0.1, 0.15) is 42.6 Å². The lowest BCUT2D eigenvalue weighted by Gasteiger charge is -2.13. The summed E-state index contributed by atoms with van der Waals surface area (Å²) in [5, 5.41) is 10.3. The minimum atomic E-state index is -0.566. The van der Waals surface area contributed by atoms with Crippen LogP contribution in [0.4, 0.5) is 0 Å². The van der Waals surface area contributed by atoms with E-state index >= 15 is 0 Å². The van der Waals surface area contributed by atoms with Crippen molar-refractivity contribution < 1.29 is 5.11 Å². The van der Waals surface area contributed by atoms with Gasteiger partial charge in [0, 0.05) is 4.47 Å². The zero-order valence-electron chi connectivity index (χ0n) is 10.6. The summed E-state index contributed by atoms with van der Waals surface area (Å²) < 4.78 is 0.984. The van der Waals surface area contributed by atoms with E-state index in [-0.39, 0.29) is 0 Å². The van der Waals surface area contributed by atoms with Gasteiger partial charge in [-0.2, -0.15) is 0 Å². The lowest BCUT2D eigenvalue weighted by molar-refractivity contribution is 0.220. The molecule has 1 unspecified atom stereocenters. The van der Waals surface area contributed by atoms with E-state index in [1.54, 1.807) is 0 Å². The number of aliphatic hydroxyl groups is 1. The van der Waals surface area contributed by atoms with Gasteiger partial charge in [-0.15, -0.1) is 0 Å². The Labute approximate surface area is 117 Å². The number of hydrogen-bond acceptors (Lipinski definition) is 1. The van der Waals surface area contributed by atoms with Crippen LogP contribution in [0.2, 0.25) is 0 Å². The zero-order chi connectivity index (χ0) is 13.1. The Morgan fingerprint density at radius 3 is 2.06 bits per heavy atom. The first-order chi connectivity index (χ1) is 8.58. The summed E-state index contributed by atoms with van der Waals surface area (Å²) in [5.41, 5.74) is 3.12. The highest BCUT2D eigenvalue weighted by molar-refractivity contribution is 9.10. The molecule has 1 atom stereocenters. The molecular weight excluding hydrogens is 288 g/mol. The van der Waals surface area contributed by atoms with E-state index in [4.69, 9.17) is 0 Å².